The van der Waals surface area contributed by atoms with Crippen LogP contribution >= 0.6 is 0 Å². The van der Waals surface area contributed by atoms with Crippen molar-refractivity contribution in [3.8, 4) is 11.5 Å². The number of hydrogen-bond donors (Lipinski definition) is 2. The highest BCUT2D eigenvalue weighted by molar-refractivity contribution is 6.43. The fraction of sp³-hybridized carbons (Fsp3) is 0.294. The Bertz CT molecular complexity index is 1580. The molecule has 3 aromatic rings. The topological polar surface area (TPSA) is 96.3 Å². The first-order chi connectivity index (χ1) is 20.8. The Kier molecular flexibility index (Phi) is 8.19. The molecule has 3 aromatic carbocycles. The number of allylic oxidation sites excluding steroid dienone is 1. The van der Waals surface area contributed by atoms with Crippen molar-refractivity contribution in [2.75, 3.05) is 13.7 Å². The van der Waals surface area contributed by atoms with Crippen LogP contribution in [0.25, 0.3) is 11.6 Å². The Hall–Kier alpha value is -4.21. The number of imide groups is 1. The Balaban J connectivity index is 1.35. The molecule has 2 aliphatic heterocycles. The van der Waals surface area contributed by atoms with Crippen molar-refractivity contribution in [1.29, 1.82) is 0 Å². The van der Waals surface area contributed by atoms with Crippen LogP contribution in [0, 0.1) is 23.6 Å². The van der Waals surface area contributed by atoms with Crippen LogP contribution in [0.5, 0.6) is 11.5 Å². The van der Waals surface area contributed by atoms with Crippen LogP contribution < -0.4 is 4.74 Å². The number of para-hydroxylation sites is 1. The van der Waals surface area contributed by atoms with Gasteiger partial charge in [0.05, 0.1) is 17.9 Å². The monoisotopic (exact) mass is 581 g/mol. The van der Waals surface area contributed by atoms with Gasteiger partial charge in [0.2, 0.25) is 11.8 Å². The SMILES string of the molecule is CN1C(=O)[C@@H]2[C@@H](CC(COc3ccccc3)=C3[C@@H](CC/C(=C/c4ccc(O)c(F)c4)c4ccccc4)OB(O)C[C@@H]32)C1=O. The van der Waals surface area contributed by atoms with Crippen LogP contribution in [0.15, 0.2) is 90.0 Å². The van der Waals surface area contributed by atoms with Crippen LogP contribution in [-0.4, -0.2) is 53.7 Å². The highest BCUT2D eigenvalue weighted by Crippen LogP contribution is 2.50. The van der Waals surface area contributed by atoms with Gasteiger partial charge in [-0.25, -0.2) is 4.39 Å². The highest BCUT2D eigenvalue weighted by atomic mass is 19.1. The maximum Gasteiger partial charge on any atom is 0.455 e. The van der Waals surface area contributed by atoms with E-state index in [0.29, 0.717) is 30.6 Å². The number of amides is 2. The van der Waals surface area contributed by atoms with E-state index in [0.717, 1.165) is 22.3 Å². The zero-order valence-corrected chi connectivity index (χ0v) is 23.9. The van der Waals surface area contributed by atoms with Crippen LogP contribution in [0.2, 0.25) is 6.32 Å². The molecule has 2 saturated heterocycles. The Morgan fingerprint density at radius 3 is 2.49 bits per heavy atom. The average molecular weight is 581 g/mol. The summed E-state index contributed by atoms with van der Waals surface area (Å²) in [6, 6.07) is 23.4. The Labute approximate surface area is 250 Å². The standard InChI is InChI=1S/C34H33BFNO6/c1-37-33(39)26-18-24(20-42-25-10-6-3-7-11-25)31-27(32(26)34(37)40)19-35(41)43-30(31)15-13-23(22-8-4-2-5-9-22)16-21-12-14-29(38)28(36)17-21/h2-12,14,16-17,26-27,30,32,38,41H,13,15,18-20H2,1H3/b23-16-/t26-,27+,30-,32-/m1/s1. The molecule has 43 heavy (non-hydrogen) atoms. The maximum atomic E-state index is 14.2. The first kappa shape index (κ1) is 28.9. The lowest BCUT2D eigenvalue weighted by Gasteiger charge is -2.43. The van der Waals surface area contributed by atoms with Gasteiger partial charge in [-0.2, -0.15) is 0 Å². The summed E-state index contributed by atoms with van der Waals surface area (Å²) in [4.78, 5) is 27.6. The second-order valence-electron chi connectivity index (χ2n) is 11.4. The number of carbonyl (C=O) groups excluding carboxylic acids is 2. The average Bonchev–Trinajstić information content (AvgIpc) is 3.23. The molecule has 0 radical (unpaired) electrons. The van der Waals surface area contributed by atoms with E-state index in [1.54, 1.807) is 6.07 Å². The number of fused-ring (bicyclic) bond motifs is 3. The summed E-state index contributed by atoms with van der Waals surface area (Å²) in [6.07, 6.45) is 2.99. The van der Waals surface area contributed by atoms with Gasteiger partial charge in [0.1, 0.15) is 12.4 Å². The van der Waals surface area contributed by atoms with E-state index in [9.17, 15) is 24.1 Å². The normalized spacial score (nSPS) is 23.8. The number of ether oxygens (including phenoxy) is 1. The Morgan fingerprint density at radius 1 is 1.05 bits per heavy atom. The van der Waals surface area contributed by atoms with Crippen LogP contribution in [0.1, 0.15) is 30.4 Å². The first-order valence-electron chi connectivity index (χ1n) is 14.6. The van der Waals surface area contributed by atoms with Crippen molar-refractivity contribution in [2.45, 2.75) is 31.7 Å². The van der Waals surface area contributed by atoms with Crippen LogP contribution in [0.3, 0.4) is 0 Å². The fourth-order valence-corrected chi connectivity index (χ4v) is 6.79. The van der Waals surface area contributed by atoms with Gasteiger partial charge >= 0.3 is 7.12 Å². The molecule has 2 N–H and O–H groups in total. The van der Waals surface area contributed by atoms with Gasteiger partial charge in [-0.15, -0.1) is 0 Å². The van der Waals surface area contributed by atoms with E-state index in [1.807, 2.05) is 66.7 Å². The number of carbonyl (C=O) groups is 2. The molecule has 2 heterocycles. The van der Waals surface area contributed by atoms with Gasteiger partial charge < -0.3 is 19.5 Å². The van der Waals surface area contributed by atoms with E-state index in [4.69, 9.17) is 9.39 Å². The maximum absolute atomic E-state index is 14.2. The highest BCUT2D eigenvalue weighted by Gasteiger charge is 2.56. The third-order valence-electron chi connectivity index (χ3n) is 8.82. The zero-order chi connectivity index (χ0) is 30.1. The first-order valence-corrected chi connectivity index (χ1v) is 14.6. The second kappa shape index (κ2) is 12.2. The molecule has 0 aromatic heterocycles. The summed E-state index contributed by atoms with van der Waals surface area (Å²) in [5, 5.41) is 20.5. The minimum Gasteiger partial charge on any atom is -0.505 e. The number of hydrogen-bond acceptors (Lipinski definition) is 6. The van der Waals surface area contributed by atoms with Crippen LogP contribution in [0.4, 0.5) is 4.39 Å². The molecular formula is C34H33BFNO6. The van der Waals surface area contributed by atoms with Crippen molar-refractivity contribution in [1.82, 2.24) is 4.90 Å². The molecule has 2 fully saturated rings. The molecule has 1 aliphatic carbocycles. The molecule has 2 amide bonds. The van der Waals surface area contributed by atoms with Crippen molar-refractivity contribution >= 4 is 30.6 Å². The third-order valence-corrected chi connectivity index (χ3v) is 8.82. The summed E-state index contributed by atoms with van der Waals surface area (Å²) in [7, 11) is 0.442. The molecule has 0 bridgehead atoms. The number of phenolic OH excluding ortho intramolecular Hbond substituents is 1. The number of benzene rings is 3. The third kappa shape index (κ3) is 5.87. The zero-order valence-electron chi connectivity index (χ0n) is 23.9. The van der Waals surface area contributed by atoms with Crippen molar-refractivity contribution in [3.05, 3.63) is 107 Å². The second-order valence-corrected chi connectivity index (χ2v) is 11.4. The van der Waals surface area contributed by atoms with Crippen molar-refractivity contribution in [2.24, 2.45) is 17.8 Å². The summed E-state index contributed by atoms with van der Waals surface area (Å²) < 4.78 is 26.5. The molecule has 0 saturated carbocycles. The van der Waals surface area contributed by atoms with E-state index in [-0.39, 0.29) is 30.7 Å². The minimum absolute atomic E-state index is 0.195. The van der Waals surface area contributed by atoms with Gasteiger partial charge in [0.15, 0.2) is 11.6 Å². The summed E-state index contributed by atoms with van der Waals surface area (Å²) >= 11 is 0. The quantitative estimate of drug-likeness (QED) is 0.161. The number of likely N-dealkylation sites (tertiary alicyclic amines) is 1. The van der Waals surface area contributed by atoms with Crippen molar-refractivity contribution in [3.63, 3.8) is 0 Å². The van der Waals surface area contributed by atoms with E-state index >= 15 is 0 Å². The number of phenols is 1. The lowest BCUT2D eigenvalue weighted by molar-refractivity contribution is -0.138. The smallest absolute Gasteiger partial charge is 0.455 e. The molecule has 6 rings (SSSR count). The van der Waals surface area contributed by atoms with E-state index in [1.165, 1.54) is 24.1 Å². The number of nitrogens with zero attached hydrogens (tertiary/aromatic N) is 1. The molecule has 0 spiro atoms. The van der Waals surface area contributed by atoms with Gasteiger partial charge in [-0.05, 0) is 83.6 Å². The number of halogens is 1. The van der Waals surface area contributed by atoms with Gasteiger partial charge in [-0.1, -0.05) is 60.7 Å². The lowest BCUT2D eigenvalue weighted by Crippen LogP contribution is -2.46. The molecule has 4 atom stereocenters. The lowest BCUT2D eigenvalue weighted by atomic mass is 9.58. The summed E-state index contributed by atoms with van der Waals surface area (Å²) in [6.45, 7) is 0.244. The van der Waals surface area contributed by atoms with Gasteiger partial charge in [0, 0.05) is 7.05 Å². The molecule has 3 aliphatic rings. The number of aromatic hydroxyl groups is 1. The van der Waals surface area contributed by atoms with Gasteiger partial charge in [0.25, 0.3) is 0 Å². The number of rotatable bonds is 8. The molecule has 9 heteroatoms. The fourth-order valence-electron chi connectivity index (χ4n) is 6.79. The van der Waals surface area contributed by atoms with E-state index < -0.39 is 36.6 Å². The molecule has 0 unspecified atom stereocenters. The molecular weight excluding hydrogens is 548 g/mol. The largest absolute Gasteiger partial charge is 0.505 e. The van der Waals surface area contributed by atoms with Gasteiger partial charge in [-0.3, -0.25) is 14.5 Å². The summed E-state index contributed by atoms with van der Waals surface area (Å²) in [5.74, 6) is -2.20. The van der Waals surface area contributed by atoms with E-state index in [2.05, 4.69) is 0 Å². The Morgan fingerprint density at radius 2 is 1.77 bits per heavy atom. The molecule has 220 valence electrons. The van der Waals surface area contributed by atoms with Crippen molar-refractivity contribution < 1.29 is 33.5 Å². The minimum atomic E-state index is -1.09. The van der Waals surface area contributed by atoms with Crippen LogP contribution in [-0.2, 0) is 14.2 Å². The predicted octanol–water partition coefficient (Wildman–Crippen LogP) is 5.36. The molecule has 7 nitrogen and oxygen atoms in total. The predicted molar refractivity (Wildman–Crippen MR) is 161 cm³/mol. The summed E-state index contributed by atoms with van der Waals surface area (Å²) in [5.41, 5.74) is 4.34.